The molecule has 0 aliphatic carbocycles. The second-order valence-electron chi connectivity index (χ2n) is 4.80. The summed E-state index contributed by atoms with van der Waals surface area (Å²) in [5.74, 6) is 0. The summed E-state index contributed by atoms with van der Waals surface area (Å²) in [4.78, 5) is 15.2. The molecule has 2 aliphatic heterocycles. The SMILES string of the molecule is CN1CC2CCCCN2CC([N+](=O)[O-])C1. The molecule has 0 aromatic heterocycles. The van der Waals surface area contributed by atoms with Crippen LogP contribution in [0.15, 0.2) is 0 Å². The van der Waals surface area contributed by atoms with Crippen molar-refractivity contribution in [3.05, 3.63) is 10.1 Å². The van der Waals surface area contributed by atoms with Gasteiger partial charge in [0.25, 0.3) is 0 Å². The smallest absolute Gasteiger partial charge is 0.238 e. The highest BCUT2D eigenvalue weighted by molar-refractivity contribution is 4.85. The first-order chi connectivity index (χ1) is 7.16. The number of rotatable bonds is 1. The number of nitrogens with zero attached hydrogens (tertiary/aromatic N) is 3. The fourth-order valence-electron chi connectivity index (χ4n) is 2.76. The molecule has 0 aromatic rings. The van der Waals surface area contributed by atoms with E-state index in [1.54, 1.807) is 0 Å². The van der Waals surface area contributed by atoms with E-state index in [0.717, 1.165) is 13.1 Å². The first kappa shape index (κ1) is 10.8. The average molecular weight is 213 g/mol. The van der Waals surface area contributed by atoms with Gasteiger partial charge < -0.3 is 0 Å². The molecule has 2 aliphatic rings. The zero-order chi connectivity index (χ0) is 10.8. The van der Waals surface area contributed by atoms with E-state index in [9.17, 15) is 10.1 Å². The Labute approximate surface area is 90.2 Å². The monoisotopic (exact) mass is 213 g/mol. The van der Waals surface area contributed by atoms with Gasteiger partial charge in [-0.05, 0) is 26.4 Å². The quantitative estimate of drug-likeness (QED) is 0.468. The molecule has 0 saturated carbocycles. The van der Waals surface area contributed by atoms with Gasteiger partial charge in [0.05, 0.1) is 13.1 Å². The van der Waals surface area contributed by atoms with Gasteiger partial charge in [0.2, 0.25) is 6.04 Å². The lowest BCUT2D eigenvalue weighted by molar-refractivity contribution is -0.522. The molecule has 0 spiro atoms. The summed E-state index contributed by atoms with van der Waals surface area (Å²) < 4.78 is 0. The predicted octanol–water partition coefficient (Wildman–Crippen LogP) is 0.432. The first-order valence-electron chi connectivity index (χ1n) is 5.73. The molecule has 2 heterocycles. The first-order valence-corrected chi connectivity index (χ1v) is 5.73. The van der Waals surface area contributed by atoms with Gasteiger partial charge in [-0.1, -0.05) is 6.42 Å². The van der Waals surface area contributed by atoms with Crippen LogP contribution in [0.25, 0.3) is 0 Å². The van der Waals surface area contributed by atoms with E-state index in [4.69, 9.17) is 0 Å². The third-order valence-corrected chi connectivity index (χ3v) is 3.54. The van der Waals surface area contributed by atoms with Gasteiger partial charge in [-0.2, -0.15) is 0 Å². The Kier molecular flexibility index (Phi) is 3.21. The Bertz CT molecular complexity index is 247. The summed E-state index contributed by atoms with van der Waals surface area (Å²) in [5.41, 5.74) is 0. The van der Waals surface area contributed by atoms with E-state index < -0.39 is 6.04 Å². The number of nitro groups is 1. The van der Waals surface area contributed by atoms with Crippen LogP contribution in [-0.4, -0.2) is 60.0 Å². The molecule has 2 unspecified atom stereocenters. The van der Waals surface area contributed by atoms with Crippen LogP contribution < -0.4 is 0 Å². The summed E-state index contributed by atoms with van der Waals surface area (Å²) in [6, 6.07) is 0.145. The lowest BCUT2D eigenvalue weighted by Crippen LogP contribution is -2.45. The number of hydrogen-bond acceptors (Lipinski definition) is 4. The molecule has 2 fully saturated rings. The van der Waals surface area contributed by atoms with Crippen molar-refractivity contribution in [2.45, 2.75) is 31.3 Å². The van der Waals surface area contributed by atoms with E-state index in [0.29, 0.717) is 19.1 Å². The molecule has 0 N–H and O–H groups in total. The van der Waals surface area contributed by atoms with Crippen molar-refractivity contribution in [2.24, 2.45) is 0 Å². The number of piperidine rings is 1. The number of fused-ring (bicyclic) bond motifs is 1. The maximum absolute atomic E-state index is 10.9. The fraction of sp³-hybridized carbons (Fsp3) is 1.00. The van der Waals surface area contributed by atoms with E-state index in [-0.39, 0.29) is 4.92 Å². The van der Waals surface area contributed by atoms with Crippen LogP contribution in [0.1, 0.15) is 19.3 Å². The van der Waals surface area contributed by atoms with Crippen molar-refractivity contribution >= 4 is 0 Å². The molecule has 5 nitrogen and oxygen atoms in total. The maximum atomic E-state index is 10.9. The Balaban J connectivity index is 2.06. The van der Waals surface area contributed by atoms with Crippen molar-refractivity contribution in [3.8, 4) is 0 Å². The van der Waals surface area contributed by atoms with Gasteiger partial charge in [-0.15, -0.1) is 0 Å². The highest BCUT2D eigenvalue weighted by Gasteiger charge is 2.34. The standard InChI is InChI=1S/C10H19N3O2/c1-11-6-9-4-2-3-5-12(9)8-10(7-11)13(14)15/h9-10H,2-8H2,1H3. The molecule has 0 radical (unpaired) electrons. The lowest BCUT2D eigenvalue weighted by Gasteiger charge is -2.34. The summed E-state index contributed by atoms with van der Waals surface area (Å²) in [5, 5.41) is 10.9. The second-order valence-corrected chi connectivity index (χ2v) is 4.80. The third kappa shape index (κ3) is 2.46. The molecule has 15 heavy (non-hydrogen) atoms. The Morgan fingerprint density at radius 1 is 1.27 bits per heavy atom. The van der Waals surface area contributed by atoms with Crippen LogP contribution in [-0.2, 0) is 0 Å². The zero-order valence-electron chi connectivity index (χ0n) is 9.26. The van der Waals surface area contributed by atoms with Crippen molar-refractivity contribution in [3.63, 3.8) is 0 Å². The largest absolute Gasteiger partial charge is 0.298 e. The predicted molar refractivity (Wildman–Crippen MR) is 57.5 cm³/mol. The molecule has 0 amide bonds. The van der Waals surface area contributed by atoms with Crippen LogP contribution in [0.4, 0.5) is 0 Å². The van der Waals surface area contributed by atoms with Gasteiger partial charge >= 0.3 is 0 Å². The maximum Gasteiger partial charge on any atom is 0.238 e. The minimum Gasteiger partial charge on any atom is -0.298 e. The topological polar surface area (TPSA) is 49.6 Å². The minimum atomic E-state index is -0.405. The number of likely N-dealkylation sites (N-methyl/N-ethyl adjacent to an activating group) is 1. The van der Waals surface area contributed by atoms with Crippen LogP contribution >= 0.6 is 0 Å². The second kappa shape index (κ2) is 4.45. The van der Waals surface area contributed by atoms with Crippen molar-refractivity contribution < 1.29 is 4.92 Å². The summed E-state index contributed by atoms with van der Waals surface area (Å²) in [6.07, 6.45) is 3.68. The molecule has 2 atom stereocenters. The van der Waals surface area contributed by atoms with E-state index in [1.807, 2.05) is 7.05 Å². The normalized spacial score (nSPS) is 34.5. The summed E-state index contributed by atoms with van der Waals surface area (Å²) in [6.45, 7) is 3.27. The molecule has 2 rings (SSSR count). The van der Waals surface area contributed by atoms with Gasteiger partial charge in [0.15, 0.2) is 0 Å². The van der Waals surface area contributed by atoms with Crippen LogP contribution in [0.2, 0.25) is 0 Å². The van der Waals surface area contributed by atoms with Crippen LogP contribution in [0.5, 0.6) is 0 Å². The lowest BCUT2D eigenvalue weighted by atomic mass is 10.0. The molecule has 5 heteroatoms. The Morgan fingerprint density at radius 3 is 2.80 bits per heavy atom. The van der Waals surface area contributed by atoms with Crippen molar-refractivity contribution in [1.29, 1.82) is 0 Å². The Morgan fingerprint density at radius 2 is 2.07 bits per heavy atom. The van der Waals surface area contributed by atoms with Gasteiger partial charge in [0.1, 0.15) is 0 Å². The highest BCUT2D eigenvalue weighted by atomic mass is 16.6. The molecular weight excluding hydrogens is 194 g/mol. The van der Waals surface area contributed by atoms with E-state index in [2.05, 4.69) is 9.80 Å². The molecule has 0 bridgehead atoms. The van der Waals surface area contributed by atoms with Gasteiger partial charge in [-0.3, -0.25) is 19.9 Å². The van der Waals surface area contributed by atoms with Crippen LogP contribution in [0, 0.1) is 10.1 Å². The third-order valence-electron chi connectivity index (χ3n) is 3.54. The summed E-state index contributed by atoms with van der Waals surface area (Å²) >= 11 is 0. The zero-order valence-corrected chi connectivity index (χ0v) is 9.26. The highest BCUT2D eigenvalue weighted by Crippen LogP contribution is 2.21. The summed E-state index contributed by atoms with van der Waals surface area (Å²) in [7, 11) is 1.99. The van der Waals surface area contributed by atoms with E-state index in [1.165, 1.54) is 19.3 Å². The minimum absolute atomic E-state index is 0.118. The van der Waals surface area contributed by atoms with Crippen LogP contribution in [0.3, 0.4) is 0 Å². The molecular formula is C10H19N3O2. The van der Waals surface area contributed by atoms with Crippen molar-refractivity contribution in [2.75, 3.05) is 33.2 Å². The van der Waals surface area contributed by atoms with E-state index >= 15 is 0 Å². The average Bonchev–Trinajstić information content (AvgIpc) is 2.35. The fourth-order valence-corrected chi connectivity index (χ4v) is 2.76. The molecule has 2 saturated heterocycles. The van der Waals surface area contributed by atoms with Gasteiger partial charge in [-0.25, -0.2) is 0 Å². The number of hydrogen-bond donors (Lipinski definition) is 0. The van der Waals surface area contributed by atoms with Crippen molar-refractivity contribution in [1.82, 2.24) is 9.80 Å². The Hall–Kier alpha value is -0.680. The van der Waals surface area contributed by atoms with Gasteiger partial charge in [0, 0.05) is 17.5 Å². The molecule has 0 aromatic carbocycles. The molecule has 86 valence electrons.